The molecule has 1 fully saturated rings. The molecule has 132 valence electrons. The molecule has 2 aromatic carbocycles. The van der Waals surface area contributed by atoms with Crippen LogP contribution in [-0.2, 0) is 0 Å². The molecule has 1 saturated heterocycles. The van der Waals surface area contributed by atoms with Gasteiger partial charge in [-0.3, -0.25) is 4.90 Å². The molecule has 4 rings (SSSR count). The maximum absolute atomic E-state index is 4.09. The van der Waals surface area contributed by atoms with E-state index < -0.39 is 0 Å². The van der Waals surface area contributed by atoms with E-state index in [0.29, 0.717) is 6.04 Å². The van der Waals surface area contributed by atoms with Crippen LogP contribution in [0.15, 0.2) is 67.3 Å². The zero-order chi connectivity index (χ0) is 17.8. The molecule has 3 aromatic rings. The molecule has 1 unspecified atom stereocenters. The van der Waals surface area contributed by atoms with Crippen LogP contribution in [0.5, 0.6) is 0 Å². The minimum atomic E-state index is 0.504. The molecule has 2 heterocycles. The van der Waals surface area contributed by atoms with E-state index in [0.717, 1.165) is 11.1 Å². The fraction of sp³-hybridized carbons (Fsp3) is 0.304. The number of aromatic nitrogens is 2. The molecule has 3 heteroatoms. The molecule has 0 radical (unpaired) electrons. The number of rotatable bonds is 4. The molecule has 0 amide bonds. The van der Waals surface area contributed by atoms with Gasteiger partial charge in [0.05, 0.1) is 0 Å². The third-order valence-corrected chi connectivity index (χ3v) is 5.44. The number of likely N-dealkylation sites (tertiary alicyclic amines) is 1. The lowest BCUT2D eigenvalue weighted by Gasteiger charge is -2.32. The van der Waals surface area contributed by atoms with Crippen molar-refractivity contribution >= 4 is 0 Å². The summed E-state index contributed by atoms with van der Waals surface area (Å²) in [4.78, 5) is 10.8. The van der Waals surface area contributed by atoms with Gasteiger partial charge in [0.25, 0.3) is 0 Å². The average molecular weight is 343 g/mol. The van der Waals surface area contributed by atoms with E-state index in [1.165, 1.54) is 49.0 Å². The predicted octanol–water partition coefficient (Wildman–Crippen LogP) is 5.36. The Morgan fingerprint density at radius 1 is 0.692 bits per heavy atom. The fourth-order valence-corrected chi connectivity index (χ4v) is 3.77. The van der Waals surface area contributed by atoms with Crippen LogP contribution in [0.2, 0.25) is 0 Å². The van der Waals surface area contributed by atoms with Gasteiger partial charge in [0.15, 0.2) is 0 Å². The van der Waals surface area contributed by atoms with Crippen molar-refractivity contribution in [3.63, 3.8) is 0 Å². The number of hydrogen-bond donors (Lipinski definition) is 0. The van der Waals surface area contributed by atoms with Crippen molar-refractivity contribution in [2.75, 3.05) is 13.1 Å². The van der Waals surface area contributed by atoms with Gasteiger partial charge >= 0.3 is 0 Å². The quantitative estimate of drug-likeness (QED) is 0.639. The van der Waals surface area contributed by atoms with E-state index in [1.807, 2.05) is 12.4 Å². The molecule has 0 aliphatic carbocycles. The van der Waals surface area contributed by atoms with E-state index in [4.69, 9.17) is 0 Å². The van der Waals surface area contributed by atoms with Gasteiger partial charge in [-0.15, -0.1) is 0 Å². The molecule has 0 N–H and O–H groups in total. The Labute approximate surface area is 155 Å². The predicted molar refractivity (Wildman–Crippen MR) is 107 cm³/mol. The third kappa shape index (κ3) is 3.68. The van der Waals surface area contributed by atoms with Crippen molar-refractivity contribution in [1.29, 1.82) is 0 Å². The highest BCUT2D eigenvalue weighted by Crippen LogP contribution is 2.28. The van der Waals surface area contributed by atoms with E-state index in [-0.39, 0.29) is 0 Å². The average Bonchev–Trinajstić information content (AvgIpc) is 2.75. The summed E-state index contributed by atoms with van der Waals surface area (Å²) in [5.74, 6) is 0. The Morgan fingerprint density at radius 2 is 1.19 bits per heavy atom. The highest BCUT2D eigenvalue weighted by atomic mass is 15.2. The molecule has 1 aliphatic heterocycles. The summed E-state index contributed by atoms with van der Waals surface area (Å²) in [5, 5.41) is 0. The van der Waals surface area contributed by atoms with Crippen molar-refractivity contribution in [2.24, 2.45) is 0 Å². The van der Waals surface area contributed by atoms with Gasteiger partial charge in [-0.05, 0) is 55.1 Å². The number of nitrogens with zero attached hydrogens (tertiary/aromatic N) is 3. The van der Waals surface area contributed by atoms with Crippen LogP contribution in [0.3, 0.4) is 0 Å². The lowest BCUT2D eigenvalue weighted by molar-refractivity contribution is 0.175. The first-order chi connectivity index (χ1) is 12.8. The van der Waals surface area contributed by atoms with Crippen LogP contribution in [0.4, 0.5) is 0 Å². The van der Waals surface area contributed by atoms with E-state index in [1.54, 1.807) is 6.33 Å². The van der Waals surface area contributed by atoms with Gasteiger partial charge in [-0.25, -0.2) is 9.97 Å². The van der Waals surface area contributed by atoms with Crippen LogP contribution in [0, 0.1) is 0 Å². The minimum absolute atomic E-state index is 0.504. The van der Waals surface area contributed by atoms with Crippen molar-refractivity contribution in [3.05, 3.63) is 72.8 Å². The highest BCUT2D eigenvalue weighted by Gasteiger charge is 2.17. The Hall–Kier alpha value is -2.52. The third-order valence-electron chi connectivity index (χ3n) is 5.44. The van der Waals surface area contributed by atoms with Crippen molar-refractivity contribution in [2.45, 2.75) is 32.2 Å². The van der Waals surface area contributed by atoms with Crippen molar-refractivity contribution in [1.82, 2.24) is 14.9 Å². The van der Waals surface area contributed by atoms with E-state index >= 15 is 0 Å². The topological polar surface area (TPSA) is 29.0 Å². The normalized spacial score (nSPS) is 16.3. The standard InChI is InChI=1S/C23H25N3/c1-18(26-13-3-2-4-14-26)19-5-7-20(8-6-19)21-9-11-22(12-10-21)23-15-24-17-25-16-23/h5-12,15-18H,2-4,13-14H2,1H3. The molecule has 0 bridgehead atoms. The number of benzene rings is 2. The van der Waals surface area contributed by atoms with E-state index in [2.05, 4.69) is 70.3 Å². The smallest absolute Gasteiger partial charge is 0.115 e. The second-order valence-corrected chi connectivity index (χ2v) is 7.10. The first kappa shape index (κ1) is 16.9. The first-order valence-corrected chi connectivity index (χ1v) is 9.51. The van der Waals surface area contributed by atoms with Crippen LogP contribution in [-0.4, -0.2) is 28.0 Å². The maximum atomic E-state index is 4.09. The number of hydrogen-bond acceptors (Lipinski definition) is 3. The highest BCUT2D eigenvalue weighted by molar-refractivity contribution is 5.69. The van der Waals surface area contributed by atoms with E-state index in [9.17, 15) is 0 Å². The van der Waals surface area contributed by atoms with Crippen LogP contribution in [0.1, 0.15) is 37.8 Å². The van der Waals surface area contributed by atoms with Gasteiger partial charge in [-0.1, -0.05) is 55.0 Å². The molecule has 1 aliphatic rings. The largest absolute Gasteiger partial charge is 0.297 e. The zero-order valence-electron chi connectivity index (χ0n) is 15.3. The molecule has 1 atom stereocenters. The van der Waals surface area contributed by atoms with Gasteiger partial charge in [0.1, 0.15) is 6.33 Å². The summed E-state index contributed by atoms with van der Waals surface area (Å²) < 4.78 is 0. The summed E-state index contributed by atoms with van der Waals surface area (Å²) in [6, 6.07) is 18.2. The molecule has 3 nitrogen and oxygen atoms in total. The first-order valence-electron chi connectivity index (χ1n) is 9.51. The minimum Gasteiger partial charge on any atom is -0.297 e. The number of piperidine rings is 1. The second kappa shape index (κ2) is 7.79. The molecule has 1 aromatic heterocycles. The Balaban J connectivity index is 1.50. The van der Waals surface area contributed by atoms with Gasteiger partial charge in [0, 0.05) is 24.0 Å². The summed E-state index contributed by atoms with van der Waals surface area (Å²) in [5.41, 5.74) is 6.10. The molecule has 0 saturated carbocycles. The van der Waals surface area contributed by atoms with Crippen molar-refractivity contribution < 1.29 is 0 Å². The van der Waals surface area contributed by atoms with Crippen LogP contribution in [0.25, 0.3) is 22.3 Å². The SMILES string of the molecule is CC(c1ccc(-c2ccc(-c3cncnc3)cc2)cc1)N1CCCCC1. The monoisotopic (exact) mass is 343 g/mol. The molecular weight excluding hydrogens is 318 g/mol. The summed E-state index contributed by atoms with van der Waals surface area (Å²) in [6.45, 7) is 4.79. The Bertz CT molecular complexity index is 820. The van der Waals surface area contributed by atoms with Crippen molar-refractivity contribution in [3.8, 4) is 22.3 Å². The Morgan fingerprint density at radius 3 is 1.77 bits per heavy atom. The maximum Gasteiger partial charge on any atom is 0.115 e. The lowest BCUT2D eigenvalue weighted by atomic mass is 9.98. The van der Waals surface area contributed by atoms with Crippen LogP contribution < -0.4 is 0 Å². The molecule has 0 spiro atoms. The Kier molecular flexibility index (Phi) is 5.07. The van der Waals surface area contributed by atoms with Crippen LogP contribution >= 0.6 is 0 Å². The zero-order valence-corrected chi connectivity index (χ0v) is 15.3. The fourth-order valence-electron chi connectivity index (χ4n) is 3.77. The molecular formula is C23H25N3. The lowest BCUT2D eigenvalue weighted by Crippen LogP contribution is -2.32. The second-order valence-electron chi connectivity index (χ2n) is 7.10. The van der Waals surface area contributed by atoms with Gasteiger partial charge in [-0.2, -0.15) is 0 Å². The summed E-state index contributed by atoms with van der Waals surface area (Å²) in [7, 11) is 0. The van der Waals surface area contributed by atoms with Gasteiger partial charge < -0.3 is 0 Å². The summed E-state index contributed by atoms with van der Waals surface area (Å²) >= 11 is 0. The summed E-state index contributed by atoms with van der Waals surface area (Å²) in [6.07, 6.45) is 9.30. The molecule has 26 heavy (non-hydrogen) atoms. The van der Waals surface area contributed by atoms with Gasteiger partial charge in [0.2, 0.25) is 0 Å².